The molecule has 0 radical (unpaired) electrons. The van der Waals surface area contributed by atoms with Crippen LogP contribution < -0.4 is 15.5 Å². The van der Waals surface area contributed by atoms with Crippen LogP contribution in [-0.2, 0) is 12.8 Å². The highest BCUT2D eigenvalue weighted by molar-refractivity contribution is 7.13. The van der Waals surface area contributed by atoms with Gasteiger partial charge in [0.25, 0.3) is 0 Å². The van der Waals surface area contributed by atoms with Crippen LogP contribution >= 0.6 is 11.3 Å². The molecule has 0 atom stereocenters. The Hall–Kier alpha value is -2.15. The Bertz CT molecular complexity index is 783. The number of nitrogens with one attached hydrogen (secondary N) is 2. The van der Waals surface area contributed by atoms with Gasteiger partial charge < -0.3 is 15.5 Å². The molecule has 1 saturated heterocycles. The quantitative estimate of drug-likeness (QED) is 0.523. The van der Waals surface area contributed by atoms with Crippen LogP contribution in [0.4, 0.5) is 9.52 Å². The number of nitrogens with zero attached hydrogens (tertiary/aromatic N) is 3. The van der Waals surface area contributed by atoms with Crippen LogP contribution in [0.5, 0.6) is 0 Å². The highest BCUT2D eigenvalue weighted by atomic mass is 32.1. The number of thiazole rings is 1. The minimum atomic E-state index is -0.181. The summed E-state index contributed by atoms with van der Waals surface area (Å²) >= 11 is 1.74. The summed E-state index contributed by atoms with van der Waals surface area (Å²) in [5, 5.41) is 9.95. The lowest BCUT2D eigenvalue weighted by Gasteiger charge is -2.12. The number of guanidine groups is 1. The maximum absolute atomic E-state index is 13.2. The number of benzene rings is 1. The zero-order chi connectivity index (χ0) is 19.8. The van der Waals surface area contributed by atoms with Gasteiger partial charge in [-0.3, -0.25) is 4.99 Å². The summed E-state index contributed by atoms with van der Waals surface area (Å²) in [5.74, 6) is 0.635. The molecule has 0 aliphatic carbocycles. The fourth-order valence-corrected chi connectivity index (χ4v) is 4.26. The van der Waals surface area contributed by atoms with Crippen LogP contribution in [0.3, 0.4) is 0 Å². The van der Waals surface area contributed by atoms with E-state index in [1.165, 1.54) is 18.9 Å². The molecule has 0 amide bonds. The molecular formula is C21H30FN5S. The first-order chi connectivity index (χ1) is 13.7. The van der Waals surface area contributed by atoms with Crippen LogP contribution in [0, 0.1) is 12.7 Å². The molecule has 2 heterocycles. The second kappa shape index (κ2) is 10.4. The van der Waals surface area contributed by atoms with E-state index in [2.05, 4.69) is 32.8 Å². The van der Waals surface area contributed by atoms with E-state index in [4.69, 9.17) is 4.98 Å². The molecule has 5 nitrogen and oxygen atoms in total. The van der Waals surface area contributed by atoms with Crippen molar-refractivity contribution in [2.75, 3.05) is 37.6 Å². The Kier molecular flexibility index (Phi) is 7.65. The minimum absolute atomic E-state index is 0.181. The van der Waals surface area contributed by atoms with Gasteiger partial charge in [-0.1, -0.05) is 6.07 Å². The van der Waals surface area contributed by atoms with Crippen molar-refractivity contribution < 1.29 is 4.39 Å². The van der Waals surface area contributed by atoms with Crippen molar-refractivity contribution in [3.05, 3.63) is 46.2 Å². The van der Waals surface area contributed by atoms with Crippen molar-refractivity contribution in [1.82, 2.24) is 15.6 Å². The molecule has 1 fully saturated rings. The normalized spacial score (nSPS) is 14.5. The number of anilines is 1. The average Bonchev–Trinajstić information content (AvgIpc) is 3.35. The summed E-state index contributed by atoms with van der Waals surface area (Å²) in [4.78, 5) is 11.8. The lowest BCUT2D eigenvalue weighted by atomic mass is 10.1. The van der Waals surface area contributed by atoms with Crippen molar-refractivity contribution >= 4 is 22.4 Å². The van der Waals surface area contributed by atoms with E-state index in [1.54, 1.807) is 17.4 Å². The van der Waals surface area contributed by atoms with Gasteiger partial charge in [0, 0.05) is 44.5 Å². The Balaban J connectivity index is 1.47. The van der Waals surface area contributed by atoms with Crippen LogP contribution in [-0.4, -0.2) is 43.7 Å². The molecular weight excluding hydrogens is 373 g/mol. The average molecular weight is 404 g/mol. The third-order valence-electron chi connectivity index (χ3n) is 4.89. The van der Waals surface area contributed by atoms with E-state index in [-0.39, 0.29) is 5.82 Å². The summed E-state index contributed by atoms with van der Waals surface area (Å²) < 4.78 is 13.2. The standard InChI is InChI=1S/C21H30FN5S/c1-3-23-20(24-10-8-17-6-7-18(22)14-16(17)2)25-11-9-19-15-28-21(26-19)27-12-4-5-13-27/h6-7,14-15H,3-5,8-13H2,1-2H3,(H2,23,24,25). The largest absolute Gasteiger partial charge is 0.357 e. The second-order valence-electron chi connectivity index (χ2n) is 7.07. The predicted octanol–water partition coefficient (Wildman–Crippen LogP) is 3.53. The molecule has 3 rings (SSSR count). The lowest BCUT2D eigenvalue weighted by Crippen LogP contribution is -2.38. The van der Waals surface area contributed by atoms with Gasteiger partial charge in [-0.15, -0.1) is 11.3 Å². The van der Waals surface area contributed by atoms with Gasteiger partial charge in [0.15, 0.2) is 11.1 Å². The molecule has 1 aliphatic rings. The van der Waals surface area contributed by atoms with E-state index < -0.39 is 0 Å². The zero-order valence-corrected chi connectivity index (χ0v) is 17.6. The second-order valence-corrected chi connectivity index (χ2v) is 7.91. The minimum Gasteiger partial charge on any atom is -0.357 e. The van der Waals surface area contributed by atoms with Gasteiger partial charge >= 0.3 is 0 Å². The van der Waals surface area contributed by atoms with Gasteiger partial charge in [-0.25, -0.2) is 9.37 Å². The fourth-order valence-electron chi connectivity index (χ4n) is 3.34. The zero-order valence-electron chi connectivity index (χ0n) is 16.8. The van der Waals surface area contributed by atoms with Gasteiger partial charge in [-0.05, 0) is 56.4 Å². The third kappa shape index (κ3) is 5.92. The van der Waals surface area contributed by atoms with Gasteiger partial charge in [0.05, 0.1) is 5.69 Å². The SMILES string of the molecule is CCNC(=NCCc1csc(N2CCCC2)n1)NCCc1ccc(F)cc1C. The van der Waals surface area contributed by atoms with Crippen molar-refractivity contribution in [2.24, 2.45) is 4.99 Å². The lowest BCUT2D eigenvalue weighted by molar-refractivity contribution is 0.625. The van der Waals surface area contributed by atoms with Crippen molar-refractivity contribution in [3.8, 4) is 0 Å². The Labute approximate surface area is 171 Å². The molecule has 2 aromatic rings. The summed E-state index contributed by atoms with van der Waals surface area (Å²) in [6, 6.07) is 4.96. The molecule has 7 heteroatoms. The molecule has 28 heavy (non-hydrogen) atoms. The summed E-state index contributed by atoms with van der Waals surface area (Å²) in [6.07, 6.45) is 4.22. The molecule has 0 unspecified atom stereocenters. The van der Waals surface area contributed by atoms with Crippen molar-refractivity contribution in [1.29, 1.82) is 0 Å². The Morgan fingerprint density at radius 1 is 1.25 bits per heavy atom. The van der Waals surface area contributed by atoms with Crippen LogP contribution in [0.2, 0.25) is 0 Å². The molecule has 0 saturated carbocycles. The summed E-state index contributed by atoms with van der Waals surface area (Å²) in [5.41, 5.74) is 3.26. The number of aromatic nitrogens is 1. The summed E-state index contributed by atoms with van der Waals surface area (Å²) in [7, 11) is 0. The number of halogens is 1. The number of rotatable bonds is 8. The molecule has 1 aromatic heterocycles. The molecule has 152 valence electrons. The summed E-state index contributed by atoms with van der Waals surface area (Å²) in [6.45, 7) is 8.55. The molecule has 0 spiro atoms. The van der Waals surface area contributed by atoms with Gasteiger partial charge in [-0.2, -0.15) is 0 Å². The van der Waals surface area contributed by atoms with Gasteiger partial charge in [0.1, 0.15) is 5.82 Å². The number of aliphatic imine (C=N–C) groups is 1. The first-order valence-corrected chi connectivity index (χ1v) is 11.0. The Morgan fingerprint density at radius 2 is 2.07 bits per heavy atom. The van der Waals surface area contributed by atoms with Gasteiger partial charge in [0.2, 0.25) is 0 Å². The monoisotopic (exact) mass is 403 g/mol. The van der Waals surface area contributed by atoms with Crippen LogP contribution in [0.15, 0.2) is 28.6 Å². The number of aryl methyl sites for hydroxylation is 1. The smallest absolute Gasteiger partial charge is 0.191 e. The van der Waals surface area contributed by atoms with Crippen LogP contribution in [0.25, 0.3) is 0 Å². The van der Waals surface area contributed by atoms with E-state index in [9.17, 15) is 4.39 Å². The highest BCUT2D eigenvalue weighted by Crippen LogP contribution is 2.24. The predicted molar refractivity (Wildman–Crippen MR) is 116 cm³/mol. The number of hydrogen-bond acceptors (Lipinski definition) is 4. The Morgan fingerprint density at radius 3 is 2.82 bits per heavy atom. The fraction of sp³-hybridized carbons (Fsp3) is 0.524. The van der Waals surface area contributed by atoms with E-state index in [0.29, 0.717) is 6.54 Å². The molecule has 2 N–H and O–H groups in total. The highest BCUT2D eigenvalue weighted by Gasteiger charge is 2.15. The van der Waals surface area contributed by atoms with E-state index >= 15 is 0 Å². The van der Waals surface area contributed by atoms with E-state index in [1.807, 2.05) is 13.0 Å². The first kappa shape index (κ1) is 20.6. The maximum Gasteiger partial charge on any atom is 0.191 e. The van der Waals surface area contributed by atoms with Crippen molar-refractivity contribution in [3.63, 3.8) is 0 Å². The molecule has 1 aromatic carbocycles. The third-order valence-corrected chi connectivity index (χ3v) is 5.84. The van der Waals surface area contributed by atoms with E-state index in [0.717, 1.165) is 66.9 Å². The molecule has 1 aliphatic heterocycles. The topological polar surface area (TPSA) is 52.6 Å². The number of hydrogen-bond donors (Lipinski definition) is 2. The molecule has 0 bridgehead atoms. The maximum atomic E-state index is 13.2. The van der Waals surface area contributed by atoms with Crippen LogP contribution in [0.1, 0.15) is 36.6 Å². The van der Waals surface area contributed by atoms with Crippen molar-refractivity contribution in [2.45, 2.75) is 39.5 Å². The first-order valence-electron chi connectivity index (χ1n) is 10.1.